The molecule has 2 N–H and O–H groups in total. The molecule has 2 unspecified atom stereocenters. The van der Waals surface area contributed by atoms with E-state index in [4.69, 9.17) is 11.0 Å². The molecule has 0 aliphatic carbocycles. The molecular formula is C13H18BrN3. The van der Waals surface area contributed by atoms with E-state index < -0.39 is 0 Å². The van der Waals surface area contributed by atoms with Gasteiger partial charge in [-0.05, 0) is 31.5 Å². The van der Waals surface area contributed by atoms with Gasteiger partial charge in [-0.1, -0.05) is 22.0 Å². The molecule has 0 heterocycles. The van der Waals surface area contributed by atoms with Crippen molar-refractivity contribution in [1.29, 1.82) is 5.26 Å². The van der Waals surface area contributed by atoms with E-state index in [1.165, 1.54) is 0 Å². The van der Waals surface area contributed by atoms with Crippen molar-refractivity contribution in [1.82, 2.24) is 0 Å². The van der Waals surface area contributed by atoms with Crippen LogP contribution in [0.25, 0.3) is 0 Å². The first-order valence-electron chi connectivity index (χ1n) is 5.62. The number of benzene rings is 1. The molecule has 0 aliphatic rings. The third kappa shape index (κ3) is 3.45. The van der Waals surface area contributed by atoms with Crippen molar-refractivity contribution in [3.8, 4) is 6.07 Å². The number of nitrogens with two attached hydrogens (primary N) is 1. The van der Waals surface area contributed by atoms with Crippen molar-refractivity contribution < 1.29 is 0 Å². The lowest BCUT2D eigenvalue weighted by Crippen LogP contribution is -2.30. The summed E-state index contributed by atoms with van der Waals surface area (Å²) in [7, 11) is 2.00. The van der Waals surface area contributed by atoms with E-state index in [2.05, 4.69) is 26.9 Å². The fourth-order valence-electron chi connectivity index (χ4n) is 1.71. The van der Waals surface area contributed by atoms with Gasteiger partial charge in [0.05, 0.1) is 12.5 Å². The molecule has 0 fully saturated rings. The lowest BCUT2D eigenvalue weighted by Gasteiger charge is -2.28. The average molecular weight is 296 g/mol. The van der Waals surface area contributed by atoms with Crippen LogP contribution in [-0.4, -0.2) is 13.1 Å². The van der Waals surface area contributed by atoms with Crippen molar-refractivity contribution in [3.63, 3.8) is 0 Å². The van der Waals surface area contributed by atoms with Gasteiger partial charge in [-0.25, -0.2) is 0 Å². The van der Waals surface area contributed by atoms with Crippen LogP contribution in [0.3, 0.4) is 0 Å². The number of anilines is 1. The molecule has 0 spiro atoms. The highest BCUT2D eigenvalue weighted by Crippen LogP contribution is 2.29. The van der Waals surface area contributed by atoms with Gasteiger partial charge in [0.2, 0.25) is 0 Å². The maximum absolute atomic E-state index is 8.75. The number of hydrogen-bond acceptors (Lipinski definition) is 3. The molecule has 92 valence electrons. The Morgan fingerprint density at radius 2 is 2.12 bits per heavy atom. The zero-order chi connectivity index (χ0) is 13.0. The molecule has 0 aliphatic heterocycles. The minimum absolute atomic E-state index is 0.0187. The topological polar surface area (TPSA) is 53.0 Å². The summed E-state index contributed by atoms with van der Waals surface area (Å²) in [5.74, 6) is 0. The summed E-state index contributed by atoms with van der Waals surface area (Å²) in [5, 5.41) is 8.75. The van der Waals surface area contributed by atoms with Gasteiger partial charge in [0.1, 0.15) is 0 Å². The van der Waals surface area contributed by atoms with Gasteiger partial charge < -0.3 is 10.6 Å². The lowest BCUT2D eigenvalue weighted by atomic mass is 10.0. The molecule has 0 radical (unpaired) electrons. The first-order chi connectivity index (χ1) is 7.97. The van der Waals surface area contributed by atoms with Crippen molar-refractivity contribution in [3.05, 3.63) is 28.2 Å². The van der Waals surface area contributed by atoms with Gasteiger partial charge >= 0.3 is 0 Å². The summed E-state index contributed by atoms with van der Waals surface area (Å²) in [6.07, 6.45) is 0.501. The Kier molecular flexibility index (Phi) is 4.98. The predicted octanol–water partition coefficient (Wildman–Crippen LogP) is 3.21. The Balaban J connectivity index is 3.11. The van der Waals surface area contributed by atoms with E-state index in [-0.39, 0.29) is 12.1 Å². The van der Waals surface area contributed by atoms with Crippen LogP contribution in [0.1, 0.15) is 31.9 Å². The summed E-state index contributed by atoms with van der Waals surface area (Å²) in [6, 6.07) is 8.42. The second kappa shape index (κ2) is 6.04. The van der Waals surface area contributed by atoms with Crippen LogP contribution >= 0.6 is 15.9 Å². The summed E-state index contributed by atoms with van der Waals surface area (Å²) in [4.78, 5) is 2.10. The molecule has 0 bridgehead atoms. The molecule has 2 atom stereocenters. The molecule has 0 amide bonds. The number of hydrogen-bond donors (Lipinski definition) is 1. The van der Waals surface area contributed by atoms with Crippen LogP contribution in [0.5, 0.6) is 0 Å². The summed E-state index contributed by atoms with van der Waals surface area (Å²) >= 11 is 3.47. The van der Waals surface area contributed by atoms with Crippen LogP contribution in [-0.2, 0) is 0 Å². The SMILES string of the molecule is CC(N)c1ccc(Br)cc1N(C)C(C)CC#N. The molecule has 1 rings (SSSR count). The van der Waals surface area contributed by atoms with Gasteiger partial charge in [0.25, 0.3) is 0 Å². The Bertz CT molecular complexity index is 423. The summed E-state index contributed by atoms with van der Waals surface area (Å²) in [5.41, 5.74) is 8.15. The third-order valence-corrected chi connectivity index (χ3v) is 3.40. The largest absolute Gasteiger partial charge is 0.371 e. The van der Waals surface area contributed by atoms with Crippen molar-refractivity contribution in [2.75, 3.05) is 11.9 Å². The zero-order valence-corrected chi connectivity index (χ0v) is 12.0. The van der Waals surface area contributed by atoms with E-state index in [0.29, 0.717) is 6.42 Å². The molecule has 3 nitrogen and oxygen atoms in total. The Labute approximate surface area is 111 Å². The number of rotatable bonds is 4. The highest BCUT2D eigenvalue weighted by atomic mass is 79.9. The van der Waals surface area contributed by atoms with Crippen LogP contribution in [0.15, 0.2) is 22.7 Å². The number of nitrogens with zero attached hydrogens (tertiary/aromatic N) is 2. The second-order valence-electron chi connectivity index (χ2n) is 4.31. The fraction of sp³-hybridized carbons (Fsp3) is 0.462. The maximum Gasteiger partial charge on any atom is 0.0643 e. The van der Waals surface area contributed by atoms with Crippen molar-refractivity contribution in [2.24, 2.45) is 5.73 Å². The summed E-state index contributed by atoms with van der Waals surface area (Å²) in [6.45, 7) is 4.00. The van der Waals surface area contributed by atoms with Crippen LogP contribution in [0, 0.1) is 11.3 Å². The van der Waals surface area contributed by atoms with E-state index in [1.807, 2.05) is 39.1 Å². The average Bonchev–Trinajstić information content (AvgIpc) is 2.27. The molecule has 17 heavy (non-hydrogen) atoms. The number of nitriles is 1. The molecule has 1 aromatic carbocycles. The van der Waals surface area contributed by atoms with Gasteiger partial charge in [-0.2, -0.15) is 5.26 Å². The standard InChI is InChI=1S/C13H18BrN3/c1-9(6-7-15)17(3)13-8-11(14)4-5-12(13)10(2)16/h4-5,8-10H,6,16H2,1-3H3. The third-order valence-electron chi connectivity index (χ3n) is 2.91. The van der Waals surface area contributed by atoms with Gasteiger partial charge in [0, 0.05) is 29.3 Å². The lowest BCUT2D eigenvalue weighted by molar-refractivity contribution is 0.692. The quantitative estimate of drug-likeness (QED) is 0.928. The van der Waals surface area contributed by atoms with E-state index >= 15 is 0 Å². The summed E-state index contributed by atoms with van der Waals surface area (Å²) < 4.78 is 1.02. The predicted molar refractivity (Wildman–Crippen MR) is 74.8 cm³/mol. The second-order valence-corrected chi connectivity index (χ2v) is 5.23. The van der Waals surface area contributed by atoms with Crippen molar-refractivity contribution in [2.45, 2.75) is 32.4 Å². The maximum atomic E-state index is 8.75. The van der Waals surface area contributed by atoms with E-state index in [1.54, 1.807) is 0 Å². The Morgan fingerprint density at radius 1 is 1.47 bits per heavy atom. The Hall–Kier alpha value is -1.05. The van der Waals surface area contributed by atoms with E-state index in [0.717, 1.165) is 15.7 Å². The molecule has 0 saturated carbocycles. The van der Waals surface area contributed by atoms with Gasteiger partial charge in [-0.15, -0.1) is 0 Å². The number of halogens is 1. The monoisotopic (exact) mass is 295 g/mol. The van der Waals surface area contributed by atoms with Crippen LogP contribution < -0.4 is 10.6 Å². The highest BCUT2D eigenvalue weighted by molar-refractivity contribution is 9.10. The van der Waals surface area contributed by atoms with E-state index in [9.17, 15) is 0 Å². The molecule has 1 aromatic rings. The zero-order valence-electron chi connectivity index (χ0n) is 10.4. The minimum Gasteiger partial charge on any atom is -0.371 e. The van der Waals surface area contributed by atoms with Crippen molar-refractivity contribution >= 4 is 21.6 Å². The normalized spacial score (nSPS) is 13.9. The Morgan fingerprint density at radius 3 is 2.65 bits per heavy atom. The van der Waals surface area contributed by atoms with Crippen LogP contribution in [0.2, 0.25) is 0 Å². The first kappa shape index (κ1) is 14.0. The molecule has 0 saturated heterocycles. The van der Waals surface area contributed by atoms with Crippen LogP contribution in [0.4, 0.5) is 5.69 Å². The van der Waals surface area contributed by atoms with Gasteiger partial charge in [0.15, 0.2) is 0 Å². The molecular weight excluding hydrogens is 278 g/mol. The van der Waals surface area contributed by atoms with Gasteiger partial charge in [-0.3, -0.25) is 0 Å². The first-order valence-corrected chi connectivity index (χ1v) is 6.41. The molecule has 0 aromatic heterocycles. The highest BCUT2D eigenvalue weighted by Gasteiger charge is 2.15. The minimum atomic E-state index is -0.0187. The smallest absolute Gasteiger partial charge is 0.0643 e. The fourth-order valence-corrected chi connectivity index (χ4v) is 2.06. The molecule has 4 heteroatoms.